The summed E-state index contributed by atoms with van der Waals surface area (Å²) in [5.74, 6) is 0. The maximum atomic E-state index is 9.69. The Hall–Kier alpha value is -0.900. The molecule has 0 amide bonds. The van der Waals surface area contributed by atoms with Gasteiger partial charge in [-0.2, -0.15) is 0 Å². The van der Waals surface area contributed by atoms with Crippen molar-refractivity contribution in [2.75, 3.05) is 13.2 Å². The molecule has 1 heterocycles. The minimum Gasteiger partial charge on any atom is -0.393 e. The highest BCUT2D eigenvalue weighted by atomic mass is 16.3. The van der Waals surface area contributed by atoms with E-state index in [0.717, 1.165) is 24.1 Å². The largest absolute Gasteiger partial charge is 0.393 e. The Morgan fingerprint density at radius 2 is 2.20 bits per heavy atom. The summed E-state index contributed by atoms with van der Waals surface area (Å²) in [6.07, 6.45) is 1.52. The number of benzene rings is 1. The zero-order valence-corrected chi connectivity index (χ0v) is 8.69. The van der Waals surface area contributed by atoms with Gasteiger partial charge in [0.05, 0.1) is 6.61 Å². The summed E-state index contributed by atoms with van der Waals surface area (Å²) >= 11 is 0. The van der Waals surface area contributed by atoms with E-state index in [9.17, 15) is 5.11 Å². The van der Waals surface area contributed by atoms with Crippen LogP contribution < -0.4 is 5.32 Å². The van der Waals surface area contributed by atoms with Gasteiger partial charge in [0.2, 0.25) is 0 Å². The van der Waals surface area contributed by atoms with Gasteiger partial charge in [-0.05, 0) is 30.5 Å². The van der Waals surface area contributed by atoms with Crippen LogP contribution in [0.25, 0.3) is 0 Å². The number of hydrogen-bond donors (Lipinski definition) is 3. The van der Waals surface area contributed by atoms with Crippen LogP contribution in [0.15, 0.2) is 24.3 Å². The number of nitrogens with one attached hydrogen (secondary N) is 1. The van der Waals surface area contributed by atoms with Crippen molar-refractivity contribution in [2.45, 2.75) is 25.0 Å². The molecule has 0 radical (unpaired) electrons. The third-order valence-corrected chi connectivity index (χ3v) is 2.96. The summed E-state index contributed by atoms with van der Waals surface area (Å²) in [6, 6.07) is 8.12. The Labute approximate surface area is 89.8 Å². The molecule has 0 aromatic heterocycles. The van der Waals surface area contributed by atoms with E-state index in [1.165, 1.54) is 6.42 Å². The average Bonchev–Trinajstić information content (AvgIpc) is 2.81. The zero-order chi connectivity index (χ0) is 10.7. The molecule has 0 bridgehead atoms. The first-order valence-electron chi connectivity index (χ1n) is 5.44. The molecule has 2 unspecified atom stereocenters. The fraction of sp³-hybridized carbons (Fsp3) is 0.500. The lowest BCUT2D eigenvalue weighted by molar-refractivity contribution is 0.0945. The van der Waals surface area contributed by atoms with Crippen molar-refractivity contribution in [1.82, 2.24) is 5.32 Å². The van der Waals surface area contributed by atoms with Crippen LogP contribution in [0.3, 0.4) is 0 Å². The van der Waals surface area contributed by atoms with Crippen LogP contribution >= 0.6 is 0 Å². The van der Waals surface area contributed by atoms with Crippen molar-refractivity contribution in [1.29, 1.82) is 0 Å². The lowest BCUT2D eigenvalue weighted by atomic mass is 9.96. The van der Waals surface area contributed by atoms with Crippen LogP contribution in [-0.2, 0) is 0 Å². The molecule has 1 aliphatic heterocycles. The van der Waals surface area contributed by atoms with Crippen molar-refractivity contribution in [3.63, 3.8) is 0 Å². The maximum Gasteiger partial charge on any atom is 0.102 e. The van der Waals surface area contributed by atoms with Gasteiger partial charge in [-0.15, -0.1) is 0 Å². The molecule has 1 saturated heterocycles. The van der Waals surface area contributed by atoms with E-state index in [-0.39, 0.29) is 6.61 Å². The van der Waals surface area contributed by atoms with Gasteiger partial charge in [-0.25, -0.2) is 0 Å². The van der Waals surface area contributed by atoms with Gasteiger partial charge in [0.15, 0.2) is 0 Å². The lowest BCUT2D eigenvalue weighted by Crippen LogP contribution is -2.16. The van der Waals surface area contributed by atoms with Gasteiger partial charge in [0.1, 0.15) is 6.10 Å². The summed E-state index contributed by atoms with van der Waals surface area (Å²) in [4.78, 5) is 0. The monoisotopic (exact) mass is 207 g/mol. The van der Waals surface area contributed by atoms with Crippen molar-refractivity contribution in [2.24, 2.45) is 0 Å². The molecule has 2 rings (SSSR count). The van der Waals surface area contributed by atoms with Crippen LogP contribution in [0.4, 0.5) is 0 Å². The molecule has 0 saturated carbocycles. The Balaban J connectivity index is 2.28. The zero-order valence-electron chi connectivity index (χ0n) is 8.69. The molecule has 0 aliphatic carbocycles. The van der Waals surface area contributed by atoms with Crippen LogP contribution in [0.2, 0.25) is 0 Å². The molecular weight excluding hydrogens is 190 g/mol. The van der Waals surface area contributed by atoms with Gasteiger partial charge in [0.25, 0.3) is 0 Å². The molecule has 3 nitrogen and oxygen atoms in total. The fourth-order valence-electron chi connectivity index (χ4n) is 2.18. The van der Waals surface area contributed by atoms with Gasteiger partial charge >= 0.3 is 0 Å². The van der Waals surface area contributed by atoms with Gasteiger partial charge in [-0.3, -0.25) is 0 Å². The molecule has 1 aromatic rings. The smallest absolute Gasteiger partial charge is 0.102 e. The summed E-state index contributed by atoms with van der Waals surface area (Å²) < 4.78 is 0. The number of aliphatic hydroxyl groups is 2. The quantitative estimate of drug-likeness (QED) is 0.696. The van der Waals surface area contributed by atoms with E-state index in [0.29, 0.717) is 6.04 Å². The third-order valence-electron chi connectivity index (χ3n) is 2.96. The second-order valence-electron chi connectivity index (χ2n) is 3.98. The van der Waals surface area contributed by atoms with Gasteiger partial charge in [0, 0.05) is 6.04 Å². The standard InChI is InChI=1S/C12H17NO2/c14-8-12(15)10-5-2-1-4-9(10)11-6-3-7-13-11/h1-2,4-5,11-15H,3,6-8H2. The van der Waals surface area contributed by atoms with E-state index in [1.807, 2.05) is 24.3 Å². The van der Waals surface area contributed by atoms with Crippen LogP contribution in [0, 0.1) is 0 Å². The molecule has 0 spiro atoms. The van der Waals surface area contributed by atoms with Crippen LogP contribution in [0.1, 0.15) is 36.1 Å². The highest BCUT2D eigenvalue weighted by Gasteiger charge is 2.21. The molecule has 2 atom stereocenters. The van der Waals surface area contributed by atoms with E-state index in [1.54, 1.807) is 0 Å². The average molecular weight is 207 g/mol. The number of aliphatic hydroxyl groups excluding tert-OH is 2. The van der Waals surface area contributed by atoms with E-state index < -0.39 is 6.10 Å². The Bertz CT molecular complexity index is 321. The molecule has 82 valence electrons. The van der Waals surface area contributed by atoms with Crippen molar-refractivity contribution >= 4 is 0 Å². The highest BCUT2D eigenvalue weighted by molar-refractivity contribution is 5.32. The van der Waals surface area contributed by atoms with Crippen molar-refractivity contribution in [3.8, 4) is 0 Å². The predicted molar refractivity (Wildman–Crippen MR) is 58.5 cm³/mol. The molecule has 3 heteroatoms. The van der Waals surface area contributed by atoms with E-state index in [4.69, 9.17) is 5.11 Å². The minimum absolute atomic E-state index is 0.219. The molecule has 1 aliphatic rings. The lowest BCUT2D eigenvalue weighted by Gasteiger charge is -2.18. The van der Waals surface area contributed by atoms with Crippen molar-refractivity contribution < 1.29 is 10.2 Å². The Morgan fingerprint density at radius 1 is 1.40 bits per heavy atom. The van der Waals surface area contributed by atoms with Gasteiger partial charge < -0.3 is 15.5 Å². The van der Waals surface area contributed by atoms with E-state index in [2.05, 4.69) is 5.32 Å². The number of hydrogen-bond acceptors (Lipinski definition) is 3. The first-order chi connectivity index (χ1) is 7.33. The molecule has 3 N–H and O–H groups in total. The Morgan fingerprint density at radius 3 is 2.87 bits per heavy atom. The molecule has 1 aromatic carbocycles. The minimum atomic E-state index is -0.761. The van der Waals surface area contributed by atoms with Crippen LogP contribution in [0.5, 0.6) is 0 Å². The predicted octanol–water partition coefficient (Wildman–Crippen LogP) is 1.14. The Kier molecular flexibility index (Phi) is 3.36. The maximum absolute atomic E-state index is 9.69. The summed E-state index contributed by atoms with van der Waals surface area (Å²) in [6.45, 7) is 0.817. The SMILES string of the molecule is OCC(O)c1ccccc1C1CCCN1. The summed E-state index contributed by atoms with van der Waals surface area (Å²) in [7, 11) is 0. The van der Waals surface area contributed by atoms with Crippen LogP contribution in [-0.4, -0.2) is 23.4 Å². The van der Waals surface area contributed by atoms with E-state index >= 15 is 0 Å². The fourth-order valence-corrected chi connectivity index (χ4v) is 2.18. The summed E-state index contributed by atoms with van der Waals surface area (Å²) in [5, 5.41) is 22.1. The first kappa shape index (κ1) is 10.6. The normalized spacial score (nSPS) is 22.9. The van der Waals surface area contributed by atoms with Gasteiger partial charge in [-0.1, -0.05) is 24.3 Å². The summed E-state index contributed by atoms with van der Waals surface area (Å²) in [5.41, 5.74) is 1.97. The third kappa shape index (κ3) is 2.20. The second kappa shape index (κ2) is 4.75. The molecule has 15 heavy (non-hydrogen) atoms. The second-order valence-corrected chi connectivity index (χ2v) is 3.98. The molecule has 1 fully saturated rings. The number of rotatable bonds is 3. The first-order valence-corrected chi connectivity index (χ1v) is 5.44. The van der Waals surface area contributed by atoms with Crippen molar-refractivity contribution in [3.05, 3.63) is 35.4 Å². The highest BCUT2D eigenvalue weighted by Crippen LogP contribution is 2.29. The molecular formula is C12H17NO2. The topological polar surface area (TPSA) is 52.5 Å².